The van der Waals surface area contributed by atoms with E-state index >= 15 is 0 Å². The number of ether oxygens (including phenoxy) is 3. The molecule has 1 aromatic carbocycles. The van der Waals surface area contributed by atoms with Crippen LogP contribution < -0.4 is 4.74 Å². The first-order valence-electron chi connectivity index (χ1n) is 6.56. The summed E-state index contributed by atoms with van der Waals surface area (Å²) in [6.07, 6.45) is 0.771. The van der Waals surface area contributed by atoms with E-state index in [4.69, 9.17) is 14.2 Å². The Morgan fingerprint density at radius 2 is 2.05 bits per heavy atom. The van der Waals surface area contributed by atoms with Crippen LogP contribution in [-0.4, -0.2) is 26.5 Å². The average molecular weight is 276 g/mol. The highest BCUT2D eigenvalue weighted by Crippen LogP contribution is 2.25. The van der Waals surface area contributed by atoms with Gasteiger partial charge in [-0.25, -0.2) is 4.79 Å². The second-order valence-corrected chi connectivity index (χ2v) is 4.09. The van der Waals surface area contributed by atoms with E-state index in [0.717, 1.165) is 17.5 Å². The summed E-state index contributed by atoms with van der Waals surface area (Å²) in [7, 11) is 1.53. The van der Waals surface area contributed by atoms with E-state index in [9.17, 15) is 4.79 Å². The quantitative estimate of drug-likeness (QED) is 0.471. The van der Waals surface area contributed by atoms with Gasteiger partial charge in [0, 0.05) is 19.1 Å². The van der Waals surface area contributed by atoms with E-state index in [1.807, 2.05) is 19.9 Å². The summed E-state index contributed by atoms with van der Waals surface area (Å²) in [5.41, 5.74) is 2.01. The molecule has 0 saturated heterocycles. The Morgan fingerprint density at radius 3 is 2.65 bits per heavy atom. The van der Waals surface area contributed by atoms with E-state index in [2.05, 4.69) is 11.8 Å². The molecule has 0 atom stereocenters. The van der Waals surface area contributed by atoms with Gasteiger partial charge in [0.25, 0.3) is 0 Å². The van der Waals surface area contributed by atoms with Gasteiger partial charge in [-0.05, 0) is 31.5 Å². The lowest BCUT2D eigenvalue weighted by Gasteiger charge is -2.13. The topological polar surface area (TPSA) is 44.8 Å². The number of rotatable bonds is 5. The highest BCUT2D eigenvalue weighted by atomic mass is 16.7. The summed E-state index contributed by atoms with van der Waals surface area (Å²) >= 11 is 0. The normalized spacial score (nSPS) is 9.60. The fourth-order valence-electron chi connectivity index (χ4n) is 1.72. The molecule has 0 aliphatic carbocycles. The van der Waals surface area contributed by atoms with Crippen molar-refractivity contribution in [3.8, 4) is 17.6 Å². The molecule has 0 aromatic heterocycles. The van der Waals surface area contributed by atoms with Gasteiger partial charge in [0.15, 0.2) is 6.79 Å². The molecular weight excluding hydrogens is 256 g/mol. The van der Waals surface area contributed by atoms with Gasteiger partial charge in [-0.15, -0.1) is 0 Å². The van der Waals surface area contributed by atoms with E-state index in [1.165, 1.54) is 7.11 Å². The van der Waals surface area contributed by atoms with Gasteiger partial charge < -0.3 is 14.2 Å². The molecule has 0 spiro atoms. The van der Waals surface area contributed by atoms with Crippen molar-refractivity contribution in [3.05, 3.63) is 28.8 Å². The maximum absolute atomic E-state index is 12.0. The van der Waals surface area contributed by atoms with E-state index < -0.39 is 5.97 Å². The zero-order valence-corrected chi connectivity index (χ0v) is 12.4. The molecule has 0 fully saturated rings. The molecule has 0 bridgehead atoms. The molecule has 0 heterocycles. The molecule has 0 radical (unpaired) electrons. The van der Waals surface area contributed by atoms with Crippen LogP contribution >= 0.6 is 0 Å². The average Bonchev–Trinajstić information content (AvgIpc) is 2.42. The van der Waals surface area contributed by atoms with Gasteiger partial charge >= 0.3 is 5.97 Å². The lowest BCUT2D eigenvalue weighted by molar-refractivity contribution is 0.0437. The van der Waals surface area contributed by atoms with Crippen LogP contribution in [0.3, 0.4) is 0 Å². The van der Waals surface area contributed by atoms with Crippen LogP contribution in [0.2, 0.25) is 0 Å². The van der Waals surface area contributed by atoms with Crippen molar-refractivity contribution in [2.24, 2.45) is 0 Å². The number of methoxy groups -OCH3 is 1. The number of hydrogen-bond donors (Lipinski definition) is 0. The zero-order chi connectivity index (χ0) is 15.0. The summed E-state index contributed by atoms with van der Waals surface area (Å²) in [4.78, 5) is 12.0. The molecule has 1 rings (SSSR count). The Labute approximate surface area is 120 Å². The second-order valence-electron chi connectivity index (χ2n) is 4.09. The third kappa shape index (κ3) is 4.29. The summed E-state index contributed by atoms with van der Waals surface area (Å²) < 4.78 is 15.4. The molecule has 0 amide bonds. The van der Waals surface area contributed by atoms with Gasteiger partial charge in [0.2, 0.25) is 0 Å². The predicted octanol–water partition coefficient (Wildman–Crippen LogP) is 2.92. The number of aryl methyl sites for hydroxylation is 1. The van der Waals surface area contributed by atoms with Gasteiger partial charge in [0.05, 0.1) is 6.61 Å². The van der Waals surface area contributed by atoms with Crippen molar-refractivity contribution in [1.29, 1.82) is 0 Å². The van der Waals surface area contributed by atoms with Crippen molar-refractivity contribution in [2.75, 3.05) is 20.5 Å². The fraction of sp³-hybridized carbons (Fsp3) is 0.438. The maximum atomic E-state index is 12.0. The molecule has 4 heteroatoms. The number of carbonyl (C=O) groups is 1. The number of esters is 1. The van der Waals surface area contributed by atoms with Crippen molar-refractivity contribution in [3.63, 3.8) is 0 Å². The summed E-state index contributed by atoms with van der Waals surface area (Å²) in [6.45, 7) is 5.97. The van der Waals surface area contributed by atoms with Gasteiger partial charge in [0.1, 0.15) is 11.3 Å². The largest absolute Gasteiger partial charge is 0.467 e. The first-order valence-corrected chi connectivity index (χ1v) is 6.56. The van der Waals surface area contributed by atoms with E-state index in [-0.39, 0.29) is 6.79 Å². The monoisotopic (exact) mass is 276 g/mol. The lowest BCUT2D eigenvalue weighted by Crippen LogP contribution is -2.11. The lowest BCUT2D eigenvalue weighted by atomic mass is 10.0. The van der Waals surface area contributed by atoms with Crippen LogP contribution in [0.1, 0.15) is 41.8 Å². The highest BCUT2D eigenvalue weighted by Gasteiger charge is 2.18. The Morgan fingerprint density at radius 1 is 1.30 bits per heavy atom. The van der Waals surface area contributed by atoms with Gasteiger partial charge in [-0.1, -0.05) is 18.8 Å². The molecule has 0 unspecified atom stereocenters. The molecule has 1 aromatic rings. The standard InChI is InChI=1S/C16H20O4/c1-5-7-8-13-9-12(3)15(16(17)19-6-2)14(10-13)20-11-18-4/h9-10H,5-6,11H2,1-4H3. The van der Waals surface area contributed by atoms with Crippen LogP contribution in [0.25, 0.3) is 0 Å². The minimum atomic E-state index is -0.397. The molecular formula is C16H20O4. The van der Waals surface area contributed by atoms with Crippen LogP contribution in [0, 0.1) is 18.8 Å². The van der Waals surface area contributed by atoms with Gasteiger partial charge in [-0.3, -0.25) is 0 Å². The minimum absolute atomic E-state index is 0.0660. The SMILES string of the molecule is CCC#Cc1cc(C)c(C(=O)OCC)c(OCOC)c1. The molecule has 0 N–H and O–H groups in total. The second kappa shape index (κ2) is 8.23. The fourth-order valence-corrected chi connectivity index (χ4v) is 1.72. The van der Waals surface area contributed by atoms with Gasteiger partial charge in [-0.2, -0.15) is 0 Å². The Bertz CT molecular complexity index is 523. The number of benzene rings is 1. The smallest absolute Gasteiger partial charge is 0.342 e. The number of hydrogen-bond acceptors (Lipinski definition) is 4. The van der Waals surface area contributed by atoms with Crippen molar-refractivity contribution in [1.82, 2.24) is 0 Å². The molecule has 108 valence electrons. The first kappa shape index (κ1) is 16.1. The maximum Gasteiger partial charge on any atom is 0.342 e. The van der Waals surface area contributed by atoms with Crippen molar-refractivity contribution < 1.29 is 19.0 Å². The summed E-state index contributed by atoms with van der Waals surface area (Å²) in [5.74, 6) is 6.06. The molecule has 20 heavy (non-hydrogen) atoms. The van der Waals surface area contributed by atoms with E-state index in [1.54, 1.807) is 13.0 Å². The Kier molecular flexibility index (Phi) is 6.61. The van der Waals surface area contributed by atoms with Crippen LogP contribution in [0.15, 0.2) is 12.1 Å². The third-order valence-electron chi connectivity index (χ3n) is 2.52. The molecule has 0 aliphatic rings. The molecule has 0 saturated carbocycles. The summed E-state index contributed by atoms with van der Waals surface area (Å²) in [6, 6.07) is 3.59. The van der Waals surface area contributed by atoms with Crippen LogP contribution in [0.4, 0.5) is 0 Å². The zero-order valence-electron chi connectivity index (χ0n) is 12.4. The third-order valence-corrected chi connectivity index (χ3v) is 2.52. The van der Waals surface area contributed by atoms with Crippen LogP contribution in [0.5, 0.6) is 5.75 Å². The van der Waals surface area contributed by atoms with E-state index in [0.29, 0.717) is 17.9 Å². The Balaban J connectivity index is 3.22. The first-order chi connectivity index (χ1) is 9.63. The van der Waals surface area contributed by atoms with Crippen molar-refractivity contribution >= 4 is 5.97 Å². The number of carbonyl (C=O) groups excluding carboxylic acids is 1. The predicted molar refractivity (Wildman–Crippen MR) is 76.8 cm³/mol. The molecule has 4 nitrogen and oxygen atoms in total. The van der Waals surface area contributed by atoms with Crippen LogP contribution in [-0.2, 0) is 9.47 Å². The summed E-state index contributed by atoms with van der Waals surface area (Å²) in [5, 5.41) is 0. The van der Waals surface area contributed by atoms with Crippen molar-refractivity contribution in [2.45, 2.75) is 27.2 Å². The Hall–Kier alpha value is -1.99. The highest BCUT2D eigenvalue weighted by molar-refractivity contribution is 5.94. The molecule has 0 aliphatic heterocycles. The minimum Gasteiger partial charge on any atom is -0.467 e.